The first kappa shape index (κ1) is 12.4. The fraction of sp³-hybridized carbons (Fsp3) is 1.00. The maximum Gasteiger partial charge on any atom is -0.00209 e. The lowest BCUT2D eigenvalue weighted by atomic mass is 9.71. The van der Waals surface area contributed by atoms with Crippen molar-refractivity contribution in [3.8, 4) is 0 Å². The summed E-state index contributed by atoms with van der Waals surface area (Å²) in [4.78, 5) is 0. The van der Waals surface area contributed by atoms with Crippen LogP contribution in [0.1, 0.15) is 58.3 Å². The average molecular weight is 223 g/mol. The minimum Gasteiger partial charge on any atom is -0.319 e. The van der Waals surface area contributed by atoms with E-state index in [1.54, 1.807) is 0 Å². The van der Waals surface area contributed by atoms with Crippen LogP contribution in [-0.4, -0.2) is 13.6 Å². The molecule has 2 fully saturated rings. The van der Waals surface area contributed by atoms with Gasteiger partial charge in [0.15, 0.2) is 0 Å². The van der Waals surface area contributed by atoms with Gasteiger partial charge in [-0.15, -0.1) is 0 Å². The molecule has 2 aliphatic carbocycles. The Morgan fingerprint density at radius 1 is 1.00 bits per heavy atom. The SMILES string of the molecule is CNCC1CCC(C)CC1CC1CCCC1. The monoisotopic (exact) mass is 223 g/mol. The first-order valence-corrected chi connectivity index (χ1v) is 7.44. The molecule has 0 spiro atoms. The number of rotatable bonds is 4. The number of hydrogen-bond donors (Lipinski definition) is 1. The lowest BCUT2D eigenvalue weighted by Crippen LogP contribution is -2.32. The molecule has 3 unspecified atom stereocenters. The molecule has 0 aromatic carbocycles. The van der Waals surface area contributed by atoms with Crippen LogP contribution in [0.5, 0.6) is 0 Å². The molecule has 1 heteroatoms. The van der Waals surface area contributed by atoms with Gasteiger partial charge >= 0.3 is 0 Å². The quantitative estimate of drug-likeness (QED) is 0.763. The lowest BCUT2D eigenvalue weighted by Gasteiger charge is -2.36. The predicted octanol–water partition coefficient (Wildman–Crippen LogP) is 3.84. The van der Waals surface area contributed by atoms with Crippen molar-refractivity contribution in [3.05, 3.63) is 0 Å². The smallest absolute Gasteiger partial charge is 0.00209 e. The summed E-state index contributed by atoms with van der Waals surface area (Å²) >= 11 is 0. The summed E-state index contributed by atoms with van der Waals surface area (Å²) < 4.78 is 0. The Morgan fingerprint density at radius 3 is 2.44 bits per heavy atom. The van der Waals surface area contributed by atoms with Crippen molar-refractivity contribution in [2.75, 3.05) is 13.6 Å². The molecule has 0 radical (unpaired) electrons. The summed E-state index contributed by atoms with van der Waals surface area (Å²) in [5.74, 6) is 4.07. The van der Waals surface area contributed by atoms with Crippen LogP contribution in [0.15, 0.2) is 0 Å². The molecule has 0 saturated heterocycles. The maximum absolute atomic E-state index is 3.41. The maximum atomic E-state index is 3.41. The second-order valence-corrected chi connectivity index (χ2v) is 6.38. The zero-order valence-electron chi connectivity index (χ0n) is 11.2. The zero-order chi connectivity index (χ0) is 11.4. The molecule has 1 N–H and O–H groups in total. The molecule has 0 aliphatic heterocycles. The van der Waals surface area contributed by atoms with Gasteiger partial charge in [0.2, 0.25) is 0 Å². The topological polar surface area (TPSA) is 12.0 Å². The third-order valence-corrected chi connectivity index (χ3v) is 4.98. The van der Waals surface area contributed by atoms with Crippen molar-refractivity contribution < 1.29 is 0 Å². The van der Waals surface area contributed by atoms with E-state index in [-0.39, 0.29) is 0 Å². The van der Waals surface area contributed by atoms with Crippen LogP contribution in [0.2, 0.25) is 0 Å². The minimum absolute atomic E-state index is 0.974. The molecule has 16 heavy (non-hydrogen) atoms. The van der Waals surface area contributed by atoms with Crippen molar-refractivity contribution in [2.24, 2.45) is 23.7 Å². The summed E-state index contributed by atoms with van der Waals surface area (Å²) in [6, 6.07) is 0. The molecule has 0 aromatic heterocycles. The molecule has 2 aliphatic rings. The van der Waals surface area contributed by atoms with Gasteiger partial charge in [-0.25, -0.2) is 0 Å². The molecular formula is C15H29N. The van der Waals surface area contributed by atoms with Gasteiger partial charge in [0.05, 0.1) is 0 Å². The Morgan fingerprint density at radius 2 is 1.75 bits per heavy atom. The minimum atomic E-state index is 0.974. The molecule has 2 saturated carbocycles. The molecule has 3 atom stereocenters. The van der Waals surface area contributed by atoms with Crippen molar-refractivity contribution in [3.63, 3.8) is 0 Å². The summed E-state index contributed by atoms with van der Waals surface area (Å²) in [6.45, 7) is 3.71. The molecule has 2 rings (SSSR count). The summed E-state index contributed by atoms with van der Waals surface area (Å²) in [5.41, 5.74) is 0. The second-order valence-electron chi connectivity index (χ2n) is 6.38. The summed E-state index contributed by atoms with van der Waals surface area (Å²) in [6.07, 6.45) is 12.0. The van der Waals surface area contributed by atoms with E-state index in [2.05, 4.69) is 19.3 Å². The fourth-order valence-electron chi connectivity index (χ4n) is 4.06. The Bertz CT molecular complexity index is 196. The van der Waals surface area contributed by atoms with E-state index in [4.69, 9.17) is 0 Å². The van der Waals surface area contributed by atoms with E-state index in [0.29, 0.717) is 0 Å². The Hall–Kier alpha value is -0.0400. The highest BCUT2D eigenvalue weighted by Gasteiger charge is 2.30. The van der Waals surface area contributed by atoms with Gasteiger partial charge in [0.25, 0.3) is 0 Å². The third kappa shape index (κ3) is 3.23. The Labute approximate surface area is 101 Å². The van der Waals surface area contributed by atoms with E-state index in [1.165, 1.54) is 57.9 Å². The molecular weight excluding hydrogens is 194 g/mol. The van der Waals surface area contributed by atoms with Gasteiger partial charge < -0.3 is 5.32 Å². The van der Waals surface area contributed by atoms with Gasteiger partial charge in [-0.1, -0.05) is 39.0 Å². The van der Waals surface area contributed by atoms with Crippen molar-refractivity contribution >= 4 is 0 Å². The normalized spacial score (nSPS) is 36.8. The highest BCUT2D eigenvalue weighted by atomic mass is 14.8. The largest absolute Gasteiger partial charge is 0.319 e. The first-order valence-electron chi connectivity index (χ1n) is 7.44. The van der Waals surface area contributed by atoms with Gasteiger partial charge in [-0.2, -0.15) is 0 Å². The van der Waals surface area contributed by atoms with E-state index < -0.39 is 0 Å². The van der Waals surface area contributed by atoms with Crippen LogP contribution < -0.4 is 5.32 Å². The molecule has 0 bridgehead atoms. The zero-order valence-corrected chi connectivity index (χ0v) is 11.2. The number of nitrogens with one attached hydrogen (secondary N) is 1. The van der Waals surface area contributed by atoms with Gasteiger partial charge in [0.1, 0.15) is 0 Å². The molecule has 0 amide bonds. The van der Waals surface area contributed by atoms with E-state index >= 15 is 0 Å². The Balaban J connectivity index is 1.85. The van der Waals surface area contributed by atoms with Crippen molar-refractivity contribution in [2.45, 2.75) is 58.3 Å². The average Bonchev–Trinajstić information content (AvgIpc) is 2.75. The van der Waals surface area contributed by atoms with Gasteiger partial charge in [0, 0.05) is 0 Å². The molecule has 0 heterocycles. The third-order valence-electron chi connectivity index (χ3n) is 4.98. The van der Waals surface area contributed by atoms with Gasteiger partial charge in [-0.05, 0) is 56.5 Å². The van der Waals surface area contributed by atoms with Crippen LogP contribution in [-0.2, 0) is 0 Å². The van der Waals surface area contributed by atoms with E-state index in [9.17, 15) is 0 Å². The van der Waals surface area contributed by atoms with E-state index in [0.717, 1.165) is 23.7 Å². The number of hydrogen-bond acceptors (Lipinski definition) is 1. The lowest BCUT2D eigenvalue weighted by molar-refractivity contribution is 0.157. The predicted molar refractivity (Wildman–Crippen MR) is 70.5 cm³/mol. The summed E-state index contributed by atoms with van der Waals surface area (Å²) in [5, 5.41) is 3.41. The Kier molecular flexibility index (Phi) is 4.69. The van der Waals surface area contributed by atoms with Crippen LogP contribution in [0.3, 0.4) is 0 Å². The highest BCUT2D eigenvalue weighted by molar-refractivity contribution is 4.82. The van der Waals surface area contributed by atoms with Crippen LogP contribution in [0, 0.1) is 23.7 Å². The van der Waals surface area contributed by atoms with Crippen LogP contribution in [0.25, 0.3) is 0 Å². The fourth-order valence-corrected chi connectivity index (χ4v) is 4.06. The highest BCUT2D eigenvalue weighted by Crippen LogP contribution is 2.40. The van der Waals surface area contributed by atoms with Crippen molar-refractivity contribution in [1.82, 2.24) is 5.32 Å². The van der Waals surface area contributed by atoms with Crippen molar-refractivity contribution in [1.29, 1.82) is 0 Å². The summed E-state index contributed by atoms with van der Waals surface area (Å²) in [7, 11) is 2.12. The van der Waals surface area contributed by atoms with Crippen LogP contribution >= 0.6 is 0 Å². The van der Waals surface area contributed by atoms with E-state index in [1.807, 2.05) is 0 Å². The van der Waals surface area contributed by atoms with Crippen LogP contribution in [0.4, 0.5) is 0 Å². The standard InChI is InChI=1S/C15H29N/c1-12-7-8-14(11-16-2)15(9-12)10-13-5-3-4-6-13/h12-16H,3-11H2,1-2H3. The molecule has 0 aromatic rings. The molecule has 94 valence electrons. The molecule has 1 nitrogen and oxygen atoms in total. The first-order chi connectivity index (χ1) is 7.79. The second kappa shape index (κ2) is 6.05. The van der Waals surface area contributed by atoms with Gasteiger partial charge in [-0.3, -0.25) is 0 Å².